The van der Waals surface area contributed by atoms with Crippen LogP contribution in [0.5, 0.6) is 0 Å². The fraction of sp³-hybridized carbons (Fsp3) is 0.200. The summed E-state index contributed by atoms with van der Waals surface area (Å²) in [5, 5.41) is 2.19. The Kier molecular flexibility index (Phi) is 2.42. The Morgan fingerprint density at radius 3 is 2.83 bits per heavy atom. The predicted molar refractivity (Wildman–Crippen MR) is 43.6 cm³/mol. The summed E-state index contributed by atoms with van der Waals surface area (Å²) in [7, 11) is -2.66. The molecule has 12 heavy (non-hydrogen) atoms. The van der Waals surface area contributed by atoms with Crippen LogP contribution in [0.4, 0.5) is 11.4 Å². The standard InChI is InChI=1S/C5H9N2O4P/c1-10-12(8,9)7-5-3-11-2-4(5)6/h2-3H,6H2,1H3,(H2,7,8,9). The highest BCUT2D eigenvalue weighted by Crippen LogP contribution is 2.42. The van der Waals surface area contributed by atoms with Gasteiger partial charge in [-0.1, -0.05) is 0 Å². The van der Waals surface area contributed by atoms with E-state index in [1.54, 1.807) is 0 Å². The molecule has 1 rings (SSSR count). The summed E-state index contributed by atoms with van der Waals surface area (Å²) < 4.78 is 19.9. The zero-order chi connectivity index (χ0) is 9.19. The van der Waals surface area contributed by atoms with E-state index in [0.29, 0.717) is 0 Å². The van der Waals surface area contributed by atoms with Gasteiger partial charge in [0.2, 0.25) is 0 Å². The topological polar surface area (TPSA) is 97.7 Å². The van der Waals surface area contributed by atoms with Crippen LogP contribution < -0.4 is 10.8 Å². The third-order valence-corrected chi connectivity index (χ3v) is 2.22. The highest BCUT2D eigenvalue weighted by molar-refractivity contribution is 7.54. The minimum Gasteiger partial charge on any atom is -0.468 e. The Labute approximate surface area is 68.9 Å². The van der Waals surface area contributed by atoms with E-state index in [1.807, 2.05) is 0 Å². The highest BCUT2D eigenvalue weighted by Gasteiger charge is 2.18. The number of hydrogen-bond donors (Lipinski definition) is 3. The first-order valence-corrected chi connectivity index (χ1v) is 4.61. The van der Waals surface area contributed by atoms with Crippen LogP contribution in [0.2, 0.25) is 0 Å². The Hall–Kier alpha value is -0.970. The van der Waals surface area contributed by atoms with Gasteiger partial charge in [0.15, 0.2) is 0 Å². The normalized spacial score (nSPS) is 15.5. The monoisotopic (exact) mass is 192 g/mol. The van der Waals surface area contributed by atoms with Crippen molar-refractivity contribution in [2.45, 2.75) is 0 Å². The predicted octanol–water partition coefficient (Wildman–Crippen LogP) is 1.02. The molecule has 0 aliphatic heterocycles. The quantitative estimate of drug-likeness (QED) is 0.618. The molecule has 0 fully saturated rings. The van der Waals surface area contributed by atoms with Crippen LogP contribution in [0.15, 0.2) is 16.9 Å². The largest absolute Gasteiger partial charge is 0.468 e. The summed E-state index contributed by atoms with van der Waals surface area (Å²) in [4.78, 5) is 8.94. The lowest BCUT2D eigenvalue weighted by Gasteiger charge is -2.09. The summed E-state index contributed by atoms with van der Waals surface area (Å²) in [6.45, 7) is 0. The van der Waals surface area contributed by atoms with E-state index in [-0.39, 0.29) is 11.4 Å². The third-order valence-electron chi connectivity index (χ3n) is 1.20. The zero-order valence-electron chi connectivity index (χ0n) is 6.35. The van der Waals surface area contributed by atoms with Crippen LogP contribution in [0.25, 0.3) is 0 Å². The van der Waals surface area contributed by atoms with Crippen LogP contribution in [-0.2, 0) is 9.09 Å². The maximum Gasteiger partial charge on any atom is 0.430 e. The van der Waals surface area contributed by atoms with Gasteiger partial charge in [-0.3, -0.25) is 9.61 Å². The van der Waals surface area contributed by atoms with Gasteiger partial charge in [0.1, 0.15) is 18.2 Å². The summed E-state index contributed by atoms with van der Waals surface area (Å²) >= 11 is 0. The van der Waals surface area contributed by atoms with E-state index in [1.165, 1.54) is 12.5 Å². The fourth-order valence-electron chi connectivity index (χ4n) is 0.596. The zero-order valence-corrected chi connectivity index (χ0v) is 7.25. The Balaban J connectivity index is 2.77. The minimum absolute atomic E-state index is 0.239. The number of anilines is 2. The second-order valence-electron chi connectivity index (χ2n) is 2.06. The van der Waals surface area contributed by atoms with Crippen molar-refractivity contribution in [3.8, 4) is 0 Å². The number of furan rings is 1. The molecule has 0 aliphatic carbocycles. The van der Waals surface area contributed by atoms with Crippen LogP contribution >= 0.6 is 7.75 Å². The molecule has 1 unspecified atom stereocenters. The Bertz CT molecular complexity index is 310. The van der Waals surface area contributed by atoms with Crippen LogP contribution in [0, 0.1) is 0 Å². The molecule has 0 radical (unpaired) electrons. The first kappa shape index (κ1) is 9.12. The molecule has 7 heteroatoms. The van der Waals surface area contributed by atoms with Gasteiger partial charge < -0.3 is 15.0 Å². The molecule has 0 saturated carbocycles. The lowest BCUT2D eigenvalue weighted by Crippen LogP contribution is -1.98. The molecule has 0 bridgehead atoms. The van der Waals surface area contributed by atoms with Crippen molar-refractivity contribution in [1.82, 2.24) is 0 Å². The van der Waals surface area contributed by atoms with Gasteiger partial charge in [0.05, 0.1) is 5.69 Å². The van der Waals surface area contributed by atoms with Gasteiger partial charge in [-0.05, 0) is 0 Å². The number of rotatable bonds is 3. The van der Waals surface area contributed by atoms with Gasteiger partial charge in [0, 0.05) is 7.11 Å². The van der Waals surface area contributed by atoms with E-state index >= 15 is 0 Å². The number of nitrogens with two attached hydrogens (primary N) is 1. The van der Waals surface area contributed by atoms with Crippen molar-refractivity contribution < 1.29 is 18.4 Å². The molecule has 1 aromatic rings. The Morgan fingerprint density at radius 1 is 1.75 bits per heavy atom. The van der Waals surface area contributed by atoms with Gasteiger partial charge in [-0.15, -0.1) is 0 Å². The van der Waals surface area contributed by atoms with Crippen molar-refractivity contribution in [3.05, 3.63) is 12.5 Å². The van der Waals surface area contributed by atoms with Crippen molar-refractivity contribution in [2.24, 2.45) is 0 Å². The molecule has 68 valence electrons. The van der Waals surface area contributed by atoms with Crippen molar-refractivity contribution in [1.29, 1.82) is 0 Å². The van der Waals surface area contributed by atoms with E-state index in [2.05, 4.69) is 14.0 Å². The van der Waals surface area contributed by atoms with Crippen LogP contribution in [-0.4, -0.2) is 12.0 Å². The number of hydrogen-bond acceptors (Lipinski definition) is 4. The summed E-state index contributed by atoms with van der Waals surface area (Å²) in [5.74, 6) is 0. The maximum absolute atomic E-state index is 10.9. The molecule has 0 aliphatic rings. The highest BCUT2D eigenvalue weighted by atomic mass is 31.2. The summed E-state index contributed by atoms with van der Waals surface area (Å²) in [5.41, 5.74) is 5.85. The average molecular weight is 192 g/mol. The second-order valence-corrected chi connectivity index (χ2v) is 3.69. The molecular weight excluding hydrogens is 183 g/mol. The van der Waals surface area contributed by atoms with Crippen LogP contribution in [0.3, 0.4) is 0 Å². The second kappa shape index (κ2) is 3.18. The first-order chi connectivity index (χ1) is 5.55. The lowest BCUT2D eigenvalue weighted by atomic mass is 10.5. The van der Waals surface area contributed by atoms with Gasteiger partial charge >= 0.3 is 7.75 Å². The summed E-state index contributed by atoms with van der Waals surface area (Å²) in [6, 6.07) is 0. The molecule has 1 atom stereocenters. The van der Waals surface area contributed by atoms with Crippen LogP contribution in [0.1, 0.15) is 0 Å². The third kappa shape index (κ3) is 2.01. The van der Waals surface area contributed by atoms with Gasteiger partial charge in [-0.25, -0.2) is 4.57 Å². The van der Waals surface area contributed by atoms with E-state index in [0.717, 1.165) is 7.11 Å². The lowest BCUT2D eigenvalue weighted by molar-refractivity contribution is 0.322. The van der Waals surface area contributed by atoms with E-state index < -0.39 is 7.75 Å². The van der Waals surface area contributed by atoms with Gasteiger partial charge in [-0.2, -0.15) is 0 Å². The molecule has 4 N–H and O–H groups in total. The molecule has 0 saturated heterocycles. The summed E-state index contributed by atoms with van der Waals surface area (Å²) in [6.07, 6.45) is 2.47. The smallest absolute Gasteiger partial charge is 0.430 e. The molecular formula is C5H9N2O4P. The SMILES string of the molecule is COP(=O)(O)Nc1cocc1N. The average Bonchev–Trinajstić information content (AvgIpc) is 2.36. The fourth-order valence-corrected chi connectivity index (χ4v) is 1.17. The first-order valence-electron chi connectivity index (χ1n) is 3.03. The van der Waals surface area contributed by atoms with Crippen molar-refractivity contribution in [3.63, 3.8) is 0 Å². The van der Waals surface area contributed by atoms with Gasteiger partial charge in [0.25, 0.3) is 0 Å². The molecule has 0 spiro atoms. The number of nitrogens with one attached hydrogen (secondary N) is 1. The van der Waals surface area contributed by atoms with Crippen molar-refractivity contribution in [2.75, 3.05) is 17.9 Å². The van der Waals surface area contributed by atoms with Crippen molar-refractivity contribution >= 4 is 19.1 Å². The molecule has 1 aromatic heterocycles. The minimum atomic E-state index is -3.78. The maximum atomic E-state index is 10.9. The molecule has 0 amide bonds. The van der Waals surface area contributed by atoms with E-state index in [4.69, 9.17) is 10.6 Å². The number of nitrogen functional groups attached to an aromatic ring is 1. The molecule has 1 heterocycles. The molecule has 6 nitrogen and oxygen atoms in total. The molecule has 0 aromatic carbocycles. The Morgan fingerprint density at radius 2 is 2.42 bits per heavy atom. The van der Waals surface area contributed by atoms with E-state index in [9.17, 15) is 4.57 Å².